The summed E-state index contributed by atoms with van der Waals surface area (Å²) in [7, 11) is 0. The number of nitrogens with two attached hydrogens (primary N) is 1. The first kappa shape index (κ1) is 30.6. The summed E-state index contributed by atoms with van der Waals surface area (Å²) in [5, 5.41) is 5.68. The molecule has 4 amide bonds. The van der Waals surface area contributed by atoms with Crippen LogP contribution in [0.2, 0.25) is 5.02 Å². The lowest BCUT2D eigenvalue weighted by Crippen LogP contribution is -2.53. The number of hydrogen-bond donors (Lipinski definition) is 3. The van der Waals surface area contributed by atoms with Crippen LogP contribution >= 0.6 is 11.6 Å². The van der Waals surface area contributed by atoms with Gasteiger partial charge in [-0.25, -0.2) is 4.79 Å². The van der Waals surface area contributed by atoms with Gasteiger partial charge in [-0.3, -0.25) is 14.4 Å². The third-order valence-electron chi connectivity index (χ3n) is 5.78. The smallest absolute Gasteiger partial charge is 0.408 e. The Morgan fingerprint density at radius 2 is 1.71 bits per heavy atom. The summed E-state index contributed by atoms with van der Waals surface area (Å²) in [6.45, 7) is 12.4. The Kier molecular flexibility index (Phi) is 10.3. The Hall–Kier alpha value is -3.59. The van der Waals surface area contributed by atoms with E-state index < -0.39 is 47.9 Å². The number of carbonyl (C=O) groups is 4. The highest BCUT2D eigenvalue weighted by Crippen LogP contribution is 2.31. The number of ether oxygens (including phenoxy) is 1. The van der Waals surface area contributed by atoms with Gasteiger partial charge in [0.15, 0.2) is 0 Å². The molecule has 0 bridgehead atoms. The van der Waals surface area contributed by atoms with Crippen molar-refractivity contribution in [1.29, 1.82) is 0 Å². The molecule has 4 N–H and O–H groups in total. The second kappa shape index (κ2) is 12.8. The average Bonchev–Trinajstić information content (AvgIpc) is 2.79. The molecule has 0 saturated carbocycles. The molecule has 0 saturated heterocycles. The van der Waals surface area contributed by atoms with Gasteiger partial charge in [-0.2, -0.15) is 0 Å². The van der Waals surface area contributed by atoms with Crippen LogP contribution in [0.3, 0.4) is 0 Å². The van der Waals surface area contributed by atoms with Crippen LogP contribution in [-0.4, -0.2) is 46.9 Å². The van der Waals surface area contributed by atoms with Crippen LogP contribution in [-0.2, 0) is 19.1 Å². The maximum atomic E-state index is 13.9. The van der Waals surface area contributed by atoms with Crippen molar-refractivity contribution in [3.05, 3.63) is 63.7 Å². The number of anilines is 1. The summed E-state index contributed by atoms with van der Waals surface area (Å²) in [6.07, 6.45) is -1.35. The van der Waals surface area contributed by atoms with Crippen LogP contribution in [0.1, 0.15) is 62.4 Å². The van der Waals surface area contributed by atoms with Crippen molar-refractivity contribution < 1.29 is 23.9 Å². The SMILES string of the molecule is CCN(C(=O)C(CC(N)=O)NC(=O)OC(C)(C)C)C(C(=O)Nc1c(C)cccc1Cl)c1cc(C)ccc1C. The maximum Gasteiger partial charge on any atom is 0.408 e. The highest BCUT2D eigenvalue weighted by Gasteiger charge is 2.37. The van der Waals surface area contributed by atoms with Crippen LogP contribution in [0, 0.1) is 20.8 Å². The molecule has 0 aromatic heterocycles. The summed E-state index contributed by atoms with van der Waals surface area (Å²) >= 11 is 6.37. The second-order valence-corrected chi connectivity index (χ2v) is 10.6. The standard InChI is InChI=1S/C28H37ClN4O5/c1-8-33(26(36)21(15-22(30)34)31-27(37)38-28(5,6)7)24(19-14-16(2)12-13-17(19)3)25(35)32-23-18(4)10-9-11-20(23)29/h9-14,21,24H,8,15H2,1-7H3,(H2,30,34)(H,31,37)(H,32,35). The number of nitrogens with one attached hydrogen (secondary N) is 2. The highest BCUT2D eigenvalue weighted by molar-refractivity contribution is 6.34. The van der Waals surface area contributed by atoms with Crippen LogP contribution in [0.15, 0.2) is 36.4 Å². The minimum atomic E-state index is -1.34. The predicted octanol–water partition coefficient (Wildman–Crippen LogP) is 4.56. The zero-order valence-electron chi connectivity index (χ0n) is 23.0. The molecule has 0 heterocycles. The summed E-state index contributed by atoms with van der Waals surface area (Å²) in [6, 6.07) is 8.41. The van der Waals surface area contributed by atoms with Crippen molar-refractivity contribution >= 4 is 41.1 Å². The number of amides is 4. The molecular formula is C28H37ClN4O5. The van der Waals surface area contributed by atoms with Gasteiger partial charge >= 0.3 is 6.09 Å². The Balaban J connectivity index is 2.56. The molecule has 2 atom stereocenters. The molecule has 2 aromatic rings. The Labute approximate surface area is 229 Å². The number of halogens is 1. The molecule has 9 nitrogen and oxygen atoms in total. The minimum Gasteiger partial charge on any atom is -0.444 e. The van der Waals surface area contributed by atoms with Gasteiger partial charge in [0, 0.05) is 6.54 Å². The number of rotatable bonds is 9. The Bertz CT molecular complexity index is 1190. The van der Waals surface area contributed by atoms with E-state index in [0.29, 0.717) is 16.3 Å². The summed E-state index contributed by atoms with van der Waals surface area (Å²) < 4.78 is 5.28. The molecule has 0 aliphatic rings. The minimum absolute atomic E-state index is 0.0943. The van der Waals surface area contributed by atoms with E-state index in [4.69, 9.17) is 22.1 Å². The molecule has 0 aliphatic heterocycles. The first-order valence-corrected chi connectivity index (χ1v) is 12.7. The van der Waals surface area contributed by atoms with E-state index in [1.165, 1.54) is 4.90 Å². The molecular weight excluding hydrogens is 508 g/mol. The highest BCUT2D eigenvalue weighted by atomic mass is 35.5. The molecule has 0 spiro atoms. The fraction of sp³-hybridized carbons (Fsp3) is 0.429. The Morgan fingerprint density at radius 1 is 1.05 bits per heavy atom. The predicted molar refractivity (Wildman–Crippen MR) is 148 cm³/mol. The second-order valence-electron chi connectivity index (χ2n) is 10.2. The third-order valence-corrected chi connectivity index (χ3v) is 6.09. The molecule has 0 aliphatic carbocycles. The monoisotopic (exact) mass is 544 g/mol. The number of alkyl carbamates (subject to hydrolysis) is 1. The number of primary amides is 1. The normalized spacial score (nSPS) is 12.7. The first-order valence-electron chi connectivity index (χ1n) is 12.4. The zero-order valence-corrected chi connectivity index (χ0v) is 23.7. The number of para-hydroxylation sites is 1. The van der Waals surface area contributed by atoms with Gasteiger partial charge in [0.05, 0.1) is 17.1 Å². The van der Waals surface area contributed by atoms with E-state index in [-0.39, 0.29) is 6.54 Å². The fourth-order valence-electron chi connectivity index (χ4n) is 4.00. The van der Waals surface area contributed by atoms with Crippen molar-refractivity contribution in [3.63, 3.8) is 0 Å². The number of aryl methyl sites for hydroxylation is 3. The topological polar surface area (TPSA) is 131 Å². The van der Waals surface area contributed by atoms with Crippen molar-refractivity contribution in [2.75, 3.05) is 11.9 Å². The van der Waals surface area contributed by atoms with E-state index in [1.807, 2.05) is 45.0 Å². The number of hydrogen-bond acceptors (Lipinski definition) is 5. The quantitative estimate of drug-likeness (QED) is 0.426. The molecule has 0 fully saturated rings. The van der Waals surface area contributed by atoms with E-state index in [2.05, 4.69) is 10.6 Å². The maximum absolute atomic E-state index is 13.9. The van der Waals surface area contributed by atoms with Gasteiger partial charge in [-0.1, -0.05) is 47.5 Å². The number of benzene rings is 2. The van der Waals surface area contributed by atoms with Crippen molar-refractivity contribution in [2.45, 2.75) is 72.6 Å². The molecule has 0 radical (unpaired) electrons. The molecule has 2 unspecified atom stereocenters. The van der Waals surface area contributed by atoms with Gasteiger partial charge in [-0.15, -0.1) is 0 Å². The summed E-state index contributed by atoms with van der Waals surface area (Å²) in [4.78, 5) is 53.4. The van der Waals surface area contributed by atoms with Crippen LogP contribution < -0.4 is 16.4 Å². The van der Waals surface area contributed by atoms with E-state index in [9.17, 15) is 19.2 Å². The zero-order chi connectivity index (χ0) is 28.8. The molecule has 2 rings (SSSR count). The first-order chi connectivity index (χ1) is 17.6. The van der Waals surface area contributed by atoms with Crippen molar-refractivity contribution in [1.82, 2.24) is 10.2 Å². The largest absolute Gasteiger partial charge is 0.444 e. The lowest BCUT2D eigenvalue weighted by Gasteiger charge is -2.34. The lowest BCUT2D eigenvalue weighted by molar-refractivity contribution is -0.141. The van der Waals surface area contributed by atoms with Gasteiger partial charge in [0.25, 0.3) is 5.91 Å². The van der Waals surface area contributed by atoms with Crippen LogP contribution in [0.4, 0.5) is 10.5 Å². The summed E-state index contributed by atoms with van der Waals surface area (Å²) in [5.74, 6) is -1.95. The molecule has 10 heteroatoms. The van der Waals surface area contributed by atoms with Crippen LogP contribution in [0.25, 0.3) is 0 Å². The Morgan fingerprint density at radius 3 is 2.26 bits per heavy atom. The molecule has 2 aromatic carbocycles. The average molecular weight is 545 g/mol. The van der Waals surface area contributed by atoms with Gasteiger partial charge in [-0.05, 0) is 71.2 Å². The van der Waals surface area contributed by atoms with E-state index in [1.54, 1.807) is 39.8 Å². The number of likely N-dealkylation sites (N-methyl/N-ethyl adjacent to an activating group) is 1. The van der Waals surface area contributed by atoms with Crippen LogP contribution in [0.5, 0.6) is 0 Å². The fourth-order valence-corrected chi connectivity index (χ4v) is 4.27. The van der Waals surface area contributed by atoms with E-state index in [0.717, 1.165) is 16.7 Å². The van der Waals surface area contributed by atoms with E-state index >= 15 is 0 Å². The van der Waals surface area contributed by atoms with Gasteiger partial charge in [0.1, 0.15) is 17.7 Å². The van der Waals surface area contributed by atoms with Crippen molar-refractivity contribution in [2.24, 2.45) is 5.73 Å². The third kappa shape index (κ3) is 8.21. The van der Waals surface area contributed by atoms with Gasteiger partial charge < -0.3 is 26.0 Å². The molecule has 38 heavy (non-hydrogen) atoms. The number of carbonyl (C=O) groups excluding carboxylic acids is 4. The number of nitrogens with zero attached hydrogens (tertiary/aromatic N) is 1. The van der Waals surface area contributed by atoms with Gasteiger partial charge in [0.2, 0.25) is 11.8 Å². The van der Waals surface area contributed by atoms with Crippen molar-refractivity contribution in [3.8, 4) is 0 Å². The lowest BCUT2D eigenvalue weighted by atomic mass is 9.95. The summed E-state index contributed by atoms with van der Waals surface area (Å²) in [5.41, 5.74) is 8.02. The molecule has 206 valence electrons.